The molecular weight excluding hydrogens is 270 g/mol. The highest BCUT2D eigenvalue weighted by Crippen LogP contribution is 2.40. The Morgan fingerprint density at radius 1 is 1.18 bits per heavy atom. The first-order valence-electron chi connectivity index (χ1n) is 7.93. The van der Waals surface area contributed by atoms with Gasteiger partial charge in [0.2, 0.25) is 5.91 Å². The zero-order valence-corrected chi connectivity index (χ0v) is 14.6. The van der Waals surface area contributed by atoms with E-state index in [1.54, 1.807) is 0 Å². The maximum atomic E-state index is 10.8. The highest BCUT2D eigenvalue weighted by molar-refractivity contribution is 5.86. The molecule has 0 unspecified atom stereocenters. The number of amides is 1. The number of carbonyl (C=O) groups is 1. The van der Waals surface area contributed by atoms with Crippen molar-refractivity contribution >= 4 is 5.91 Å². The van der Waals surface area contributed by atoms with E-state index in [2.05, 4.69) is 39.8 Å². The third kappa shape index (κ3) is 5.88. The lowest BCUT2D eigenvalue weighted by atomic mass is 9.72. The van der Waals surface area contributed by atoms with Crippen LogP contribution in [0, 0.1) is 5.41 Å². The van der Waals surface area contributed by atoms with Crippen molar-refractivity contribution in [3.05, 3.63) is 58.7 Å². The van der Waals surface area contributed by atoms with E-state index >= 15 is 0 Å². The van der Waals surface area contributed by atoms with Gasteiger partial charge in [-0.2, -0.15) is 0 Å². The van der Waals surface area contributed by atoms with Crippen molar-refractivity contribution in [1.29, 1.82) is 0 Å². The number of allylic oxidation sites excluding steroid dienone is 9. The molecule has 0 aromatic carbocycles. The maximum Gasteiger partial charge on any atom is 0.241 e. The lowest BCUT2D eigenvalue weighted by Gasteiger charge is -2.32. The summed E-state index contributed by atoms with van der Waals surface area (Å²) >= 11 is 0. The van der Waals surface area contributed by atoms with Crippen LogP contribution in [-0.4, -0.2) is 5.91 Å². The molecule has 0 radical (unpaired) electrons. The van der Waals surface area contributed by atoms with E-state index in [0.29, 0.717) is 0 Å². The molecule has 0 spiro atoms. The average molecular weight is 299 g/mol. The first-order valence-corrected chi connectivity index (χ1v) is 7.93. The Bertz CT molecular complexity index is 569. The monoisotopic (exact) mass is 299 g/mol. The summed E-state index contributed by atoms with van der Waals surface area (Å²) in [6.45, 7) is 10.8. The molecule has 2 heteroatoms. The second-order valence-corrected chi connectivity index (χ2v) is 6.83. The Balaban J connectivity index is 2.79. The van der Waals surface area contributed by atoms with Crippen LogP contribution in [0.15, 0.2) is 58.7 Å². The van der Waals surface area contributed by atoms with E-state index in [9.17, 15) is 4.79 Å². The summed E-state index contributed by atoms with van der Waals surface area (Å²) in [7, 11) is 0. The van der Waals surface area contributed by atoms with Crippen LogP contribution in [0.4, 0.5) is 0 Å². The average Bonchev–Trinajstić information content (AvgIpc) is 2.36. The smallest absolute Gasteiger partial charge is 0.241 e. The summed E-state index contributed by atoms with van der Waals surface area (Å²) in [6, 6.07) is 0. The van der Waals surface area contributed by atoms with Gasteiger partial charge in [0, 0.05) is 6.08 Å². The normalized spacial score (nSPS) is 20.2. The highest BCUT2D eigenvalue weighted by Gasteiger charge is 2.26. The van der Waals surface area contributed by atoms with Gasteiger partial charge < -0.3 is 5.73 Å². The lowest BCUT2D eigenvalue weighted by molar-refractivity contribution is -0.113. The molecule has 0 fully saturated rings. The van der Waals surface area contributed by atoms with E-state index in [0.717, 1.165) is 5.57 Å². The molecule has 0 aromatic heterocycles. The van der Waals surface area contributed by atoms with Crippen molar-refractivity contribution in [3.8, 4) is 0 Å². The summed E-state index contributed by atoms with van der Waals surface area (Å²) in [4.78, 5) is 10.8. The number of carbonyl (C=O) groups excluding carboxylic acids is 1. The molecule has 2 N–H and O–H groups in total. The number of hydrogen-bond acceptors (Lipinski definition) is 1. The van der Waals surface area contributed by atoms with Crippen molar-refractivity contribution in [2.24, 2.45) is 11.1 Å². The van der Waals surface area contributed by atoms with Crippen LogP contribution in [0.3, 0.4) is 0 Å². The van der Waals surface area contributed by atoms with Crippen molar-refractivity contribution < 1.29 is 4.79 Å². The fraction of sp³-hybridized carbons (Fsp3) is 0.450. The van der Waals surface area contributed by atoms with Crippen molar-refractivity contribution in [3.63, 3.8) is 0 Å². The van der Waals surface area contributed by atoms with E-state index in [-0.39, 0.29) is 5.41 Å². The van der Waals surface area contributed by atoms with Crippen LogP contribution in [-0.2, 0) is 4.79 Å². The number of hydrogen-bond donors (Lipinski definition) is 1. The molecule has 0 aliphatic heterocycles. The molecule has 0 heterocycles. The molecule has 0 aromatic rings. The van der Waals surface area contributed by atoms with Gasteiger partial charge in [-0.25, -0.2) is 0 Å². The second kappa shape index (κ2) is 7.98. The van der Waals surface area contributed by atoms with Crippen molar-refractivity contribution in [2.45, 2.75) is 53.9 Å². The molecular formula is C20H29NO. The number of rotatable bonds is 5. The number of primary amides is 1. The number of nitrogens with two attached hydrogens (primary N) is 1. The van der Waals surface area contributed by atoms with Gasteiger partial charge in [-0.3, -0.25) is 4.79 Å². The molecule has 1 aliphatic rings. The van der Waals surface area contributed by atoms with Gasteiger partial charge in [0.1, 0.15) is 0 Å². The summed E-state index contributed by atoms with van der Waals surface area (Å²) in [5.74, 6) is -0.412. The fourth-order valence-corrected chi connectivity index (χ4v) is 2.90. The zero-order valence-electron chi connectivity index (χ0n) is 14.6. The molecule has 22 heavy (non-hydrogen) atoms. The minimum atomic E-state index is -0.412. The van der Waals surface area contributed by atoms with Gasteiger partial charge in [-0.05, 0) is 56.6 Å². The SMILES string of the molecule is CC1=C(\C=C/C(C)=C/C=C\C(C)=C/C(N)=O)C(C)(C)CCC1. The molecule has 1 aliphatic carbocycles. The molecule has 0 saturated carbocycles. The quantitative estimate of drug-likeness (QED) is 0.563. The van der Waals surface area contributed by atoms with Crippen molar-refractivity contribution in [2.75, 3.05) is 0 Å². The Morgan fingerprint density at radius 2 is 1.86 bits per heavy atom. The highest BCUT2D eigenvalue weighted by atomic mass is 16.1. The predicted molar refractivity (Wildman–Crippen MR) is 95.3 cm³/mol. The van der Waals surface area contributed by atoms with Gasteiger partial charge in [0.15, 0.2) is 0 Å². The first-order chi connectivity index (χ1) is 10.2. The standard InChI is InChI=1S/C20H29NO/c1-15(8-6-9-16(2)14-19(21)22)11-12-18-17(3)10-7-13-20(18,4)5/h6,8-9,11-12,14H,7,10,13H2,1-5H3,(H2,21,22)/b9-6-,12-11-,15-8+,16-14-. The van der Waals surface area contributed by atoms with Crippen LogP contribution in [0.2, 0.25) is 0 Å². The molecule has 0 bridgehead atoms. The summed E-state index contributed by atoms with van der Waals surface area (Å²) in [6.07, 6.45) is 15.5. The first kappa shape index (κ1) is 18.2. The minimum Gasteiger partial charge on any atom is -0.366 e. The Kier molecular flexibility index (Phi) is 6.61. The van der Waals surface area contributed by atoms with E-state index in [1.165, 1.54) is 42.1 Å². The molecule has 1 amide bonds. The Morgan fingerprint density at radius 3 is 2.45 bits per heavy atom. The zero-order chi connectivity index (χ0) is 16.8. The fourth-order valence-electron chi connectivity index (χ4n) is 2.90. The van der Waals surface area contributed by atoms with E-state index < -0.39 is 5.91 Å². The Hall–Kier alpha value is -1.83. The largest absolute Gasteiger partial charge is 0.366 e. The molecule has 0 saturated heterocycles. The second-order valence-electron chi connectivity index (χ2n) is 6.83. The van der Waals surface area contributed by atoms with Crippen LogP contribution >= 0.6 is 0 Å². The van der Waals surface area contributed by atoms with Crippen LogP contribution in [0.5, 0.6) is 0 Å². The van der Waals surface area contributed by atoms with Gasteiger partial charge in [0.05, 0.1) is 0 Å². The molecule has 1 rings (SSSR count). The summed E-state index contributed by atoms with van der Waals surface area (Å²) < 4.78 is 0. The van der Waals surface area contributed by atoms with Crippen LogP contribution in [0.25, 0.3) is 0 Å². The van der Waals surface area contributed by atoms with Gasteiger partial charge in [0.25, 0.3) is 0 Å². The van der Waals surface area contributed by atoms with Gasteiger partial charge in [-0.1, -0.05) is 55.4 Å². The van der Waals surface area contributed by atoms with Crippen molar-refractivity contribution in [1.82, 2.24) is 0 Å². The lowest BCUT2D eigenvalue weighted by Crippen LogP contribution is -2.19. The Labute approximate surface area is 135 Å². The molecule has 2 nitrogen and oxygen atoms in total. The van der Waals surface area contributed by atoms with Crippen LogP contribution in [0.1, 0.15) is 53.9 Å². The predicted octanol–water partition coefficient (Wildman–Crippen LogP) is 5.00. The molecule has 120 valence electrons. The molecule has 0 atom stereocenters. The summed E-state index contributed by atoms with van der Waals surface area (Å²) in [5, 5.41) is 0. The van der Waals surface area contributed by atoms with E-state index in [1.807, 2.05) is 25.2 Å². The third-order valence-electron chi connectivity index (χ3n) is 4.14. The third-order valence-corrected chi connectivity index (χ3v) is 4.14. The van der Waals surface area contributed by atoms with E-state index in [4.69, 9.17) is 5.73 Å². The minimum absolute atomic E-state index is 0.274. The maximum absolute atomic E-state index is 10.8. The van der Waals surface area contributed by atoms with Crippen LogP contribution < -0.4 is 5.73 Å². The van der Waals surface area contributed by atoms with Gasteiger partial charge in [-0.15, -0.1) is 0 Å². The summed E-state index contributed by atoms with van der Waals surface area (Å²) in [5.41, 5.74) is 10.4. The van der Waals surface area contributed by atoms with Gasteiger partial charge >= 0.3 is 0 Å². The topological polar surface area (TPSA) is 43.1 Å².